The number of aryl methyl sites for hydroxylation is 1. The quantitative estimate of drug-likeness (QED) is 0.418. The molecule has 0 aliphatic rings. The standard InChI is InChI=1S/C20H18N4/c1-12-16(21-5)13-8-6-7-9-14(13)19-23-15-10-11-22-18(20(2,3)4)17(15)24(12)19/h6-11H,1-4H3. The molecular formula is C20H18N4. The fraction of sp³-hybridized carbons (Fsp3) is 0.250. The highest BCUT2D eigenvalue weighted by atomic mass is 15.0. The Balaban J connectivity index is 2.36. The van der Waals surface area contributed by atoms with Gasteiger partial charge in [-0.25, -0.2) is 9.83 Å². The van der Waals surface area contributed by atoms with Gasteiger partial charge in [0.05, 0.1) is 23.3 Å². The van der Waals surface area contributed by atoms with Crippen LogP contribution in [-0.4, -0.2) is 14.4 Å². The van der Waals surface area contributed by atoms with Crippen LogP contribution in [0.1, 0.15) is 32.2 Å². The molecule has 0 radical (unpaired) electrons. The van der Waals surface area contributed by atoms with Gasteiger partial charge >= 0.3 is 0 Å². The van der Waals surface area contributed by atoms with Crippen molar-refractivity contribution in [2.24, 2.45) is 0 Å². The normalized spacial score (nSPS) is 12.1. The molecule has 0 N–H and O–H groups in total. The van der Waals surface area contributed by atoms with Gasteiger partial charge in [0.1, 0.15) is 5.65 Å². The molecule has 118 valence electrons. The minimum absolute atomic E-state index is 0.105. The Morgan fingerprint density at radius 3 is 2.46 bits per heavy atom. The molecule has 0 saturated carbocycles. The van der Waals surface area contributed by atoms with Crippen LogP contribution in [0.15, 0.2) is 36.5 Å². The number of hydrogen-bond acceptors (Lipinski definition) is 2. The fourth-order valence-electron chi connectivity index (χ4n) is 3.41. The molecule has 0 atom stereocenters. The average Bonchev–Trinajstić information content (AvgIpc) is 2.94. The van der Waals surface area contributed by atoms with Gasteiger partial charge in [0, 0.05) is 22.7 Å². The monoisotopic (exact) mass is 314 g/mol. The molecule has 4 heteroatoms. The zero-order chi connectivity index (χ0) is 17.1. The number of rotatable bonds is 0. The molecular weight excluding hydrogens is 296 g/mol. The second kappa shape index (κ2) is 4.78. The molecule has 0 spiro atoms. The van der Waals surface area contributed by atoms with Crippen LogP contribution < -0.4 is 0 Å². The number of imidazole rings is 1. The lowest BCUT2D eigenvalue weighted by atomic mass is 9.90. The molecule has 0 amide bonds. The summed E-state index contributed by atoms with van der Waals surface area (Å²) in [4.78, 5) is 13.3. The molecule has 0 fully saturated rings. The minimum Gasteiger partial charge on any atom is -0.305 e. The van der Waals surface area contributed by atoms with Crippen LogP contribution in [0.2, 0.25) is 0 Å². The maximum Gasteiger partial charge on any atom is 0.214 e. The SMILES string of the molecule is [C-]#[N+]c1c(C)n2c(nc3ccnc(C(C)(C)C)c32)c2ccccc12. The van der Waals surface area contributed by atoms with Crippen LogP contribution in [0.3, 0.4) is 0 Å². The molecule has 24 heavy (non-hydrogen) atoms. The number of fused-ring (bicyclic) bond motifs is 5. The molecule has 4 rings (SSSR count). The largest absolute Gasteiger partial charge is 0.305 e. The number of pyridine rings is 2. The first-order valence-corrected chi connectivity index (χ1v) is 8.00. The van der Waals surface area contributed by atoms with Gasteiger partial charge in [0.15, 0.2) is 0 Å². The van der Waals surface area contributed by atoms with Gasteiger partial charge in [-0.1, -0.05) is 45.0 Å². The third kappa shape index (κ3) is 1.85. The Hall–Kier alpha value is -2.93. The van der Waals surface area contributed by atoms with Crippen LogP contribution in [-0.2, 0) is 5.41 Å². The van der Waals surface area contributed by atoms with E-state index in [2.05, 4.69) is 35.0 Å². The molecule has 4 nitrogen and oxygen atoms in total. The third-order valence-electron chi connectivity index (χ3n) is 4.49. The number of aromatic nitrogens is 3. The molecule has 1 aromatic carbocycles. The first-order chi connectivity index (χ1) is 11.4. The zero-order valence-corrected chi connectivity index (χ0v) is 14.3. The van der Waals surface area contributed by atoms with Crippen molar-refractivity contribution in [1.29, 1.82) is 0 Å². The summed E-state index contributed by atoms with van der Waals surface area (Å²) < 4.78 is 2.11. The first kappa shape index (κ1) is 14.6. The highest BCUT2D eigenvalue weighted by Crippen LogP contribution is 2.37. The Kier molecular flexibility index (Phi) is 2.92. The Morgan fingerprint density at radius 1 is 1.08 bits per heavy atom. The van der Waals surface area contributed by atoms with E-state index in [1.807, 2.05) is 43.5 Å². The van der Waals surface area contributed by atoms with Crippen molar-refractivity contribution in [3.05, 3.63) is 59.3 Å². The van der Waals surface area contributed by atoms with Gasteiger partial charge in [0.2, 0.25) is 5.69 Å². The van der Waals surface area contributed by atoms with Crippen LogP contribution in [0, 0.1) is 13.5 Å². The topological polar surface area (TPSA) is 34.5 Å². The summed E-state index contributed by atoms with van der Waals surface area (Å²) in [5.74, 6) is 0. The molecule has 0 aliphatic heterocycles. The van der Waals surface area contributed by atoms with E-state index in [0.29, 0.717) is 5.69 Å². The van der Waals surface area contributed by atoms with Gasteiger partial charge < -0.3 is 4.40 Å². The molecule has 0 unspecified atom stereocenters. The van der Waals surface area contributed by atoms with Crippen molar-refractivity contribution >= 4 is 33.1 Å². The second-order valence-electron chi connectivity index (χ2n) is 7.14. The van der Waals surface area contributed by atoms with Gasteiger partial charge in [-0.15, -0.1) is 0 Å². The smallest absolute Gasteiger partial charge is 0.214 e. The van der Waals surface area contributed by atoms with Crippen LogP contribution in [0.25, 0.3) is 32.3 Å². The minimum atomic E-state index is -0.105. The van der Waals surface area contributed by atoms with E-state index < -0.39 is 0 Å². The molecule has 0 saturated heterocycles. The second-order valence-corrected chi connectivity index (χ2v) is 7.14. The zero-order valence-electron chi connectivity index (χ0n) is 14.3. The summed E-state index contributed by atoms with van der Waals surface area (Å²) in [6.45, 7) is 16.1. The fourth-order valence-corrected chi connectivity index (χ4v) is 3.41. The van der Waals surface area contributed by atoms with Crippen LogP contribution in [0.4, 0.5) is 5.69 Å². The Labute approximate surface area is 140 Å². The van der Waals surface area contributed by atoms with E-state index in [0.717, 1.165) is 38.8 Å². The van der Waals surface area contributed by atoms with Crippen molar-refractivity contribution in [2.75, 3.05) is 0 Å². The van der Waals surface area contributed by atoms with Crippen molar-refractivity contribution in [2.45, 2.75) is 33.1 Å². The van der Waals surface area contributed by atoms with E-state index in [-0.39, 0.29) is 5.41 Å². The van der Waals surface area contributed by atoms with Gasteiger partial charge in [-0.2, -0.15) is 0 Å². The highest BCUT2D eigenvalue weighted by molar-refractivity contribution is 6.06. The van der Waals surface area contributed by atoms with E-state index in [1.165, 1.54) is 0 Å². The Bertz CT molecular complexity index is 1150. The lowest BCUT2D eigenvalue weighted by Gasteiger charge is -2.19. The van der Waals surface area contributed by atoms with Crippen molar-refractivity contribution < 1.29 is 0 Å². The summed E-state index contributed by atoms with van der Waals surface area (Å²) in [5.41, 5.74) is 5.32. The summed E-state index contributed by atoms with van der Waals surface area (Å²) >= 11 is 0. The lowest BCUT2D eigenvalue weighted by Crippen LogP contribution is -2.15. The van der Waals surface area contributed by atoms with Gasteiger partial charge in [0.25, 0.3) is 0 Å². The highest BCUT2D eigenvalue weighted by Gasteiger charge is 2.24. The number of nitrogens with zero attached hydrogens (tertiary/aromatic N) is 4. The maximum absolute atomic E-state index is 7.66. The third-order valence-corrected chi connectivity index (χ3v) is 4.49. The lowest BCUT2D eigenvalue weighted by molar-refractivity contribution is 0.573. The van der Waals surface area contributed by atoms with E-state index in [9.17, 15) is 0 Å². The van der Waals surface area contributed by atoms with Gasteiger partial charge in [-0.3, -0.25) is 4.98 Å². The van der Waals surface area contributed by atoms with Crippen molar-refractivity contribution in [3.8, 4) is 0 Å². The predicted molar refractivity (Wildman–Crippen MR) is 97.7 cm³/mol. The molecule has 3 aromatic heterocycles. The number of hydrogen-bond donors (Lipinski definition) is 0. The van der Waals surface area contributed by atoms with Crippen LogP contribution in [0.5, 0.6) is 0 Å². The van der Waals surface area contributed by atoms with Crippen molar-refractivity contribution in [1.82, 2.24) is 14.4 Å². The maximum atomic E-state index is 7.66. The van der Waals surface area contributed by atoms with E-state index in [4.69, 9.17) is 11.6 Å². The van der Waals surface area contributed by atoms with Gasteiger partial charge in [-0.05, 0) is 18.4 Å². The summed E-state index contributed by atoms with van der Waals surface area (Å²) in [6, 6.07) is 9.95. The molecule has 3 heterocycles. The molecule has 0 aliphatic carbocycles. The van der Waals surface area contributed by atoms with E-state index >= 15 is 0 Å². The molecule has 0 bridgehead atoms. The average molecular weight is 314 g/mol. The summed E-state index contributed by atoms with van der Waals surface area (Å²) in [7, 11) is 0. The Morgan fingerprint density at radius 2 is 1.79 bits per heavy atom. The predicted octanol–water partition coefficient (Wildman–Crippen LogP) is 5.19. The first-order valence-electron chi connectivity index (χ1n) is 8.00. The van der Waals surface area contributed by atoms with Crippen LogP contribution >= 0.6 is 0 Å². The van der Waals surface area contributed by atoms with E-state index in [1.54, 1.807) is 0 Å². The summed E-state index contributed by atoms with van der Waals surface area (Å²) in [5, 5.41) is 1.96. The summed E-state index contributed by atoms with van der Waals surface area (Å²) in [6.07, 6.45) is 1.82. The number of benzene rings is 1. The van der Waals surface area contributed by atoms with Crippen molar-refractivity contribution in [3.63, 3.8) is 0 Å². The molecule has 4 aromatic rings.